The lowest BCUT2D eigenvalue weighted by Gasteiger charge is -2.10. The minimum absolute atomic E-state index is 0.557. The molecule has 26 aromatic rings. The van der Waals surface area contributed by atoms with Gasteiger partial charge < -0.3 is 26.5 Å². The summed E-state index contributed by atoms with van der Waals surface area (Å²) in [6.07, 6.45) is 0. The molecule has 0 saturated heterocycles. The van der Waals surface area contributed by atoms with Crippen molar-refractivity contribution in [3.8, 4) is 159 Å². The van der Waals surface area contributed by atoms with Gasteiger partial charge in [0.15, 0.2) is 69.2 Å². The molecule has 0 N–H and O–H groups in total. The van der Waals surface area contributed by atoms with Crippen LogP contribution >= 0.6 is 0 Å². The molecule has 0 fully saturated rings. The molecule has 0 aliphatic heterocycles. The normalized spacial score (nSPS) is 11.5. The number of para-hydroxylation sites is 6. The highest BCUT2D eigenvalue weighted by molar-refractivity contribution is 6.15. The molecule has 17 aromatic carbocycles. The third kappa shape index (κ3) is 14.8. The Morgan fingerprint density at radius 2 is 0.356 bits per heavy atom. The molecule has 0 aliphatic carbocycles. The molecule has 9 heterocycles. The molecule has 18 heteroatoms. The number of oxazole rings is 3. The lowest BCUT2D eigenvalue weighted by atomic mass is 10.0. The SMILES string of the molecule is c1ccc(-c2ccc(-c3nc(-c4ccccc4)nc(-c4cccc5oc6ccc(-c7nc8ccccc8o7)cc6c45)n3)cc2)cc1.c1ccc(-c2cccc(-c3nc(-c4ccccc4)nc(-c4cccc5oc6ccc(-c7nc8ccccc8o7)cc6c45)n3)c2)cc1.c1ccc(-c2nc(-c3ccccc3)nc(-c3cccc4oc5ccc(-c6nc7ccccc7o6)cc5c34)n2)cc1. The van der Waals surface area contributed by atoms with Crippen molar-refractivity contribution in [1.29, 1.82) is 0 Å². The summed E-state index contributed by atoms with van der Waals surface area (Å²) < 4.78 is 37.2. The molecule has 0 amide bonds. The predicted molar refractivity (Wildman–Crippen MR) is 520 cm³/mol. The number of hydrogen-bond acceptors (Lipinski definition) is 18. The topological polar surface area (TPSA) is 234 Å². The number of fused-ring (bicyclic) bond motifs is 12. The minimum Gasteiger partial charge on any atom is -0.456 e. The Labute approximate surface area is 752 Å². The average molecular weight is 1700 g/mol. The third-order valence-corrected chi connectivity index (χ3v) is 23.3. The van der Waals surface area contributed by atoms with Crippen LogP contribution in [0, 0.1) is 0 Å². The molecule has 9 aromatic heterocycles. The van der Waals surface area contributed by atoms with Crippen LogP contribution in [0.25, 0.3) is 258 Å². The molecular weight excluding hydrogens is 1630 g/mol. The highest BCUT2D eigenvalue weighted by Crippen LogP contribution is 2.44. The van der Waals surface area contributed by atoms with Gasteiger partial charge in [-0.25, -0.2) is 59.8 Å². The number of benzene rings is 17. The largest absolute Gasteiger partial charge is 0.456 e. The Hall–Kier alpha value is -18.4. The number of nitrogens with zero attached hydrogens (tertiary/aromatic N) is 12. The predicted octanol–water partition coefficient (Wildman–Crippen LogP) is 29.1. The van der Waals surface area contributed by atoms with Crippen molar-refractivity contribution in [1.82, 2.24) is 59.8 Å². The van der Waals surface area contributed by atoms with E-state index in [-0.39, 0.29) is 0 Å². The molecular formula is C114H68N12O6. The molecule has 0 saturated carbocycles. The van der Waals surface area contributed by atoms with Gasteiger partial charge in [0.05, 0.1) is 0 Å². The molecule has 132 heavy (non-hydrogen) atoms. The summed E-state index contributed by atoms with van der Waals surface area (Å²) in [6.45, 7) is 0. The maximum atomic E-state index is 6.34. The van der Waals surface area contributed by atoms with Gasteiger partial charge in [0, 0.05) is 99.1 Å². The lowest BCUT2D eigenvalue weighted by Crippen LogP contribution is -2.00. The van der Waals surface area contributed by atoms with Crippen molar-refractivity contribution in [2.45, 2.75) is 0 Å². The molecule has 0 unspecified atom stereocenters. The molecule has 26 rings (SSSR count). The number of rotatable bonds is 14. The summed E-state index contributed by atoms with van der Waals surface area (Å²) in [4.78, 5) is 59.0. The van der Waals surface area contributed by atoms with Crippen molar-refractivity contribution in [2.75, 3.05) is 0 Å². The molecule has 18 nitrogen and oxygen atoms in total. The molecule has 0 aliphatic rings. The first-order valence-corrected chi connectivity index (χ1v) is 43.1. The average Bonchev–Trinajstić information content (AvgIpc) is 1.59. The van der Waals surface area contributed by atoms with E-state index < -0.39 is 0 Å². The van der Waals surface area contributed by atoms with Gasteiger partial charge >= 0.3 is 0 Å². The fourth-order valence-corrected chi connectivity index (χ4v) is 16.9. The summed E-state index contributed by atoms with van der Waals surface area (Å²) in [5, 5.41) is 5.57. The van der Waals surface area contributed by atoms with E-state index in [4.69, 9.17) is 86.3 Å². The van der Waals surface area contributed by atoms with Crippen LogP contribution in [0.2, 0.25) is 0 Å². The Balaban J connectivity index is 0.000000110. The second kappa shape index (κ2) is 33.2. The second-order valence-electron chi connectivity index (χ2n) is 31.7. The monoisotopic (exact) mass is 1700 g/mol. The zero-order valence-electron chi connectivity index (χ0n) is 70.1. The van der Waals surface area contributed by atoms with Crippen LogP contribution < -0.4 is 0 Å². The minimum atomic E-state index is 0.557. The zero-order chi connectivity index (χ0) is 87.4. The van der Waals surface area contributed by atoms with Gasteiger partial charge in [-0.05, 0) is 138 Å². The van der Waals surface area contributed by atoms with Crippen molar-refractivity contribution < 1.29 is 26.5 Å². The van der Waals surface area contributed by atoms with Crippen molar-refractivity contribution in [3.63, 3.8) is 0 Å². The summed E-state index contributed by atoms with van der Waals surface area (Å²) in [5.74, 6) is 7.01. The molecule has 0 atom stereocenters. The summed E-state index contributed by atoms with van der Waals surface area (Å²) in [7, 11) is 0. The Morgan fingerprint density at radius 1 is 0.129 bits per heavy atom. The van der Waals surface area contributed by atoms with Crippen molar-refractivity contribution in [2.24, 2.45) is 0 Å². The molecule has 620 valence electrons. The van der Waals surface area contributed by atoms with E-state index in [1.165, 1.54) is 0 Å². The van der Waals surface area contributed by atoms with E-state index in [0.29, 0.717) is 70.1 Å². The van der Waals surface area contributed by atoms with Gasteiger partial charge in [-0.3, -0.25) is 0 Å². The van der Waals surface area contributed by atoms with Gasteiger partial charge in [-0.2, -0.15) is 0 Å². The van der Waals surface area contributed by atoms with Gasteiger partial charge in [0.1, 0.15) is 50.0 Å². The maximum Gasteiger partial charge on any atom is 0.227 e. The molecule has 0 spiro atoms. The highest BCUT2D eigenvalue weighted by atomic mass is 16.4. The van der Waals surface area contributed by atoms with E-state index in [1.807, 2.05) is 334 Å². The summed E-state index contributed by atoms with van der Waals surface area (Å²) in [5.41, 5.74) is 24.4. The smallest absolute Gasteiger partial charge is 0.227 e. The second-order valence-corrected chi connectivity index (χ2v) is 31.7. The quantitative estimate of drug-likeness (QED) is 0.0984. The highest BCUT2D eigenvalue weighted by Gasteiger charge is 2.25. The zero-order valence-corrected chi connectivity index (χ0v) is 70.1. The van der Waals surface area contributed by atoms with Crippen LogP contribution in [0.15, 0.2) is 439 Å². The van der Waals surface area contributed by atoms with Crippen molar-refractivity contribution in [3.05, 3.63) is 413 Å². The lowest BCUT2D eigenvalue weighted by molar-refractivity contribution is 0.619. The summed E-state index contributed by atoms with van der Waals surface area (Å²) >= 11 is 0. The first kappa shape index (κ1) is 77.2. The number of hydrogen-bond donors (Lipinski definition) is 0. The van der Waals surface area contributed by atoms with Crippen LogP contribution in [0.4, 0.5) is 0 Å². The summed E-state index contributed by atoms with van der Waals surface area (Å²) in [6, 6.07) is 137. The van der Waals surface area contributed by atoms with E-state index in [0.717, 1.165) is 188 Å². The number of aromatic nitrogens is 12. The molecule has 0 bridgehead atoms. The van der Waals surface area contributed by atoms with E-state index >= 15 is 0 Å². The fraction of sp³-hybridized carbons (Fsp3) is 0. The van der Waals surface area contributed by atoms with E-state index in [1.54, 1.807) is 0 Å². The van der Waals surface area contributed by atoms with Crippen LogP contribution in [0.3, 0.4) is 0 Å². The van der Waals surface area contributed by atoms with Crippen LogP contribution in [0.1, 0.15) is 0 Å². The third-order valence-electron chi connectivity index (χ3n) is 23.3. The Morgan fingerprint density at radius 3 is 0.682 bits per heavy atom. The fourth-order valence-electron chi connectivity index (χ4n) is 16.9. The van der Waals surface area contributed by atoms with Gasteiger partial charge in [0.25, 0.3) is 0 Å². The van der Waals surface area contributed by atoms with Crippen LogP contribution in [-0.2, 0) is 0 Å². The first-order valence-electron chi connectivity index (χ1n) is 43.1. The molecule has 0 radical (unpaired) electrons. The van der Waals surface area contributed by atoms with Gasteiger partial charge in [-0.1, -0.05) is 297 Å². The van der Waals surface area contributed by atoms with Gasteiger partial charge in [0.2, 0.25) is 17.7 Å². The Bertz CT molecular complexity index is 8690. The number of furan rings is 3. The maximum absolute atomic E-state index is 6.34. The van der Waals surface area contributed by atoms with E-state index in [9.17, 15) is 0 Å². The van der Waals surface area contributed by atoms with Crippen molar-refractivity contribution >= 4 is 99.1 Å². The van der Waals surface area contributed by atoms with Gasteiger partial charge in [-0.15, -0.1) is 0 Å². The van der Waals surface area contributed by atoms with Crippen LogP contribution in [-0.4, -0.2) is 59.8 Å². The Kier molecular flexibility index (Phi) is 19.4. The standard InChI is InChI=1S/2C40H24N4O2.C34H20N4O2/c1-3-11-25(12-4-1)27-15-9-16-28(23-27)38-42-37(26-13-5-2-6-14-26)43-39(44-38)30-17-10-20-35-36(30)31-24-29(21-22-33(31)45-35)40-41-32-18-7-8-19-34(32)46-40;1-3-10-25(11-4-1)26-18-20-28(21-19-26)38-42-37(27-12-5-2-6-13-27)43-39(44-38)30-14-9-17-35-36(30)31-24-29(22-23-33(31)45-35)40-41-32-15-7-8-16-34(32)46-40;1-3-10-21(11-4-1)31-36-32(22-12-5-2-6-13-22)38-33(37-31)24-14-9-17-29-30(24)25-20-23(18-19-27(25)39-29)34-35-26-15-7-8-16-28(26)40-34/h2*1-24H;1-20H. The first-order chi connectivity index (χ1) is 65.3. The van der Waals surface area contributed by atoms with Crippen LogP contribution in [0.5, 0.6) is 0 Å². The van der Waals surface area contributed by atoms with E-state index in [2.05, 4.69) is 78.9 Å².